The Hall–Kier alpha value is -0.740. The number of halogens is 1. The summed E-state index contributed by atoms with van der Waals surface area (Å²) in [6.45, 7) is 2.03. The summed E-state index contributed by atoms with van der Waals surface area (Å²) in [6, 6.07) is 3.53. The average Bonchev–Trinajstić information content (AvgIpc) is 2.08. The molecule has 1 aromatic heterocycles. The minimum atomic E-state index is -0.0431. The Morgan fingerprint density at radius 3 is 2.92 bits per heavy atom. The topological polar surface area (TPSA) is 62.8 Å². The number of nitrogens with two attached hydrogens (primary N) is 1. The van der Waals surface area contributed by atoms with Gasteiger partial charge in [0.25, 0.3) is 0 Å². The summed E-state index contributed by atoms with van der Waals surface area (Å²) in [5.41, 5.74) is 5.83. The molecule has 0 aliphatic carbocycles. The molecule has 3 N–H and O–H groups in total. The Labute approximate surface area is 86.2 Å². The number of nitrogen functional groups attached to an aromatic ring is 1. The van der Waals surface area contributed by atoms with E-state index in [-0.39, 0.29) is 5.84 Å². The van der Waals surface area contributed by atoms with E-state index in [0.717, 1.165) is 10.6 Å². The maximum atomic E-state index is 7.29. The fourth-order valence-corrected chi connectivity index (χ4v) is 1.80. The molecule has 0 atom stereocenters. The van der Waals surface area contributed by atoms with E-state index >= 15 is 0 Å². The normalized spacial score (nSPS) is 10.0. The van der Waals surface area contributed by atoms with Crippen molar-refractivity contribution in [3.05, 3.63) is 23.0 Å². The maximum Gasteiger partial charge on any atom is 0.143 e. The van der Waals surface area contributed by atoms with Crippen molar-refractivity contribution in [1.29, 1.82) is 5.41 Å². The first-order valence-corrected chi connectivity index (χ1v) is 5.15. The molecule has 0 amide bonds. The van der Waals surface area contributed by atoms with E-state index in [1.54, 1.807) is 17.8 Å². The minimum Gasteiger partial charge on any atom is -0.382 e. The molecule has 13 heavy (non-hydrogen) atoms. The highest BCUT2D eigenvalue weighted by Gasteiger charge is 2.07. The second-order valence-electron chi connectivity index (χ2n) is 2.33. The van der Waals surface area contributed by atoms with E-state index in [9.17, 15) is 0 Å². The summed E-state index contributed by atoms with van der Waals surface area (Å²) in [4.78, 5) is 4.89. The molecule has 1 heterocycles. The van der Waals surface area contributed by atoms with E-state index < -0.39 is 0 Å². The molecule has 0 saturated heterocycles. The van der Waals surface area contributed by atoms with Crippen molar-refractivity contribution in [3.8, 4) is 0 Å². The molecular weight excluding hydrogens is 206 g/mol. The van der Waals surface area contributed by atoms with Crippen molar-refractivity contribution >= 4 is 29.2 Å². The van der Waals surface area contributed by atoms with Crippen molar-refractivity contribution in [1.82, 2.24) is 4.98 Å². The number of pyridine rings is 1. The Morgan fingerprint density at radius 1 is 1.69 bits per heavy atom. The van der Waals surface area contributed by atoms with Crippen LogP contribution in [-0.2, 0) is 0 Å². The fourth-order valence-electron chi connectivity index (χ4n) is 0.887. The zero-order chi connectivity index (χ0) is 9.84. The number of hydrogen-bond donors (Lipinski definition) is 2. The molecule has 0 aromatic carbocycles. The molecule has 5 heteroatoms. The van der Waals surface area contributed by atoms with Crippen molar-refractivity contribution in [2.75, 3.05) is 5.75 Å². The predicted octanol–water partition coefficient (Wildman–Crippen LogP) is 2.13. The monoisotopic (exact) mass is 215 g/mol. The number of nitrogens with zero attached hydrogens (tertiary/aromatic N) is 1. The molecule has 0 aliphatic rings. The van der Waals surface area contributed by atoms with Gasteiger partial charge in [0.1, 0.15) is 16.7 Å². The molecule has 0 spiro atoms. The molecule has 0 fully saturated rings. The lowest BCUT2D eigenvalue weighted by Crippen LogP contribution is -2.14. The van der Waals surface area contributed by atoms with Crippen LogP contribution in [0.2, 0.25) is 5.15 Å². The number of thioether (sulfide) groups is 1. The molecule has 0 aliphatic heterocycles. The lowest BCUT2D eigenvalue weighted by atomic mass is 10.3. The molecule has 1 rings (SSSR count). The van der Waals surface area contributed by atoms with Crippen LogP contribution in [0.25, 0.3) is 0 Å². The number of nitrogens with one attached hydrogen (secondary N) is 1. The molecule has 0 saturated carbocycles. The van der Waals surface area contributed by atoms with E-state index in [0.29, 0.717) is 10.8 Å². The first kappa shape index (κ1) is 10.3. The second-order valence-corrected chi connectivity index (χ2v) is 4.02. The van der Waals surface area contributed by atoms with Crippen LogP contribution in [0.5, 0.6) is 0 Å². The van der Waals surface area contributed by atoms with Crippen LogP contribution >= 0.6 is 23.4 Å². The highest BCUT2D eigenvalue weighted by Crippen LogP contribution is 2.22. The predicted molar refractivity (Wildman–Crippen MR) is 56.7 cm³/mol. The molecule has 70 valence electrons. The summed E-state index contributed by atoms with van der Waals surface area (Å²) in [5.74, 6) is 0.877. The van der Waals surface area contributed by atoms with Crippen molar-refractivity contribution in [2.24, 2.45) is 5.73 Å². The largest absolute Gasteiger partial charge is 0.382 e. The molecule has 0 bridgehead atoms. The summed E-state index contributed by atoms with van der Waals surface area (Å²) in [7, 11) is 0. The van der Waals surface area contributed by atoms with E-state index in [2.05, 4.69) is 4.98 Å². The number of amidine groups is 1. The Balaban J connectivity index is 3.10. The van der Waals surface area contributed by atoms with Gasteiger partial charge in [0.2, 0.25) is 0 Å². The van der Waals surface area contributed by atoms with Crippen molar-refractivity contribution < 1.29 is 0 Å². The lowest BCUT2D eigenvalue weighted by molar-refractivity contribution is 1.17. The van der Waals surface area contributed by atoms with Crippen LogP contribution in [0, 0.1) is 5.41 Å². The summed E-state index contributed by atoms with van der Waals surface area (Å²) in [6.07, 6.45) is 0. The van der Waals surface area contributed by atoms with Crippen LogP contribution in [0.1, 0.15) is 12.6 Å². The summed E-state index contributed by atoms with van der Waals surface area (Å²) < 4.78 is 0. The first-order valence-electron chi connectivity index (χ1n) is 3.79. The lowest BCUT2D eigenvalue weighted by Gasteiger charge is -2.05. The number of aromatic nitrogens is 1. The third-order valence-corrected chi connectivity index (χ3v) is 2.52. The quantitative estimate of drug-likeness (QED) is 0.352. The van der Waals surface area contributed by atoms with Gasteiger partial charge in [-0.25, -0.2) is 4.98 Å². The SMILES string of the molecule is CCSc1ccc(Cl)nc1C(=N)N. The fraction of sp³-hybridized carbons (Fsp3) is 0.250. The van der Waals surface area contributed by atoms with Gasteiger partial charge in [-0.3, -0.25) is 5.41 Å². The molecule has 0 unspecified atom stereocenters. The van der Waals surface area contributed by atoms with Crippen LogP contribution in [0.15, 0.2) is 17.0 Å². The third-order valence-electron chi connectivity index (χ3n) is 1.38. The van der Waals surface area contributed by atoms with Crippen molar-refractivity contribution in [3.63, 3.8) is 0 Å². The minimum absolute atomic E-state index is 0.0431. The Bertz CT molecular complexity index is 327. The number of rotatable bonds is 3. The average molecular weight is 216 g/mol. The van der Waals surface area contributed by atoms with Gasteiger partial charge in [-0.2, -0.15) is 0 Å². The van der Waals surface area contributed by atoms with Crippen LogP contribution < -0.4 is 5.73 Å². The smallest absolute Gasteiger partial charge is 0.143 e. The second kappa shape index (κ2) is 4.48. The molecule has 1 aromatic rings. The van der Waals surface area contributed by atoms with E-state index in [1.165, 1.54) is 0 Å². The van der Waals surface area contributed by atoms with E-state index in [1.807, 2.05) is 13.0 Å². The van der Waals surface area contributed by atoms with E-state index in [4.69, 9.17) is 22.7 Å². The molecule has 3 nitrogen and oxygen atoms in total. The van der Waals surface area contributed by atoms with Crippen LogP contribution in [0.3, 0.4) is 0 Å². The van der Waals surface area contributed by atoms with Crippen molar-refractivity contribution in [2.45, 2.75) is 11.8 Å². The van der Waals surface area contributed by atoms with Gasteiger partial charge in [-0.15, -0.1) is 11.8 Å². The molecule has 0 radical (unpaired) electrons. The highest BCUT2D eigenvalue weighted by molar-refractivity contribution is 7.99. The molecular formula is C8H10ClN3S. The third kappa shape index (κ3) is 2.60. The van der Waals surface area contributed by atoms with Gasteiger partial charge in [-0.1, -0.05) is 18.5 Å². The standard InChI is InChI=1S/C8H10ClN3S/c1-2-13-5-3-4-6(9)12-7(5)8(10)11/h3-4H,2H2,1H3,(H3,10,11). The Kier molecular flexibility index (Phi) is 3.57. The van der Waals surface area contributed by atoms with Gasteiger partial charge >= 0.3 is 0 Å². The van der Waals surface area contributed by atoms with Crippen LogP contribution in [0.4, 0.5) is 0 Å². The van der Waals surface area contributed by atoms with Gasteiger partial charge in [-0.05, 0) is 17.9 Å². The zero-order valence-electron chi connectivity index (χ0n) is 7.17. The first-order chi connectivity index (χ1) is 6.15. The Morgan fingerprint density at radius 2 is 2.38 bits per heavy atom. The maximum absolute atomic E-state index is 7.29. The highest BCUT2D eigenvalue weighted by atomic mass is 35.5. The van der Waals surface area contributed by atoms with Crippen LogP contribution in [-0.4, -0.2) is 16.6 Å². The summed E-state index contributed by atoms with van der Waals surface area (Å²) in [5, 5.41) is 7.66. The van der Waals surface area contributed by atoms with Gasteiger partial charge in [0, 0.05) is 4.90 Å². The van der Waals surface area contributed by atoms with Gasteiger partial charge in [0.05, 0.1) is 0 Å². The summed E-state index contributed by atoms with van der Waals surface area (Å²) >= 11 is 7.29. The number of hydrogen-bond acceptors (Lipinski definition) is 3. The van der Waals surface area contributed by atoms with Gasteiger partial charge in [0.15, 0.2) is 0 Å². The zero-order valence-corrected chi connectivity index (χ0v) is 8.75. The van der Waals surface area contributed by atoms with Gasteiger partial charge < -0.3 is 5.73 Å².